The van der Waals surface area contributed by atoms with E-state index in [4.69, 9.17) is 9.47 Å². The minimum Gasteiger partial charge on any atom is -0.379 e. The molecule has 2 aliphatic rings. The number of hydrogen-bond donors (Lipinski definition) is 1. The van der Waals surface area contributed by atoms with Crippen LogP contribution in [-0.2, 0) is 16.0 Å². The lowest BCUT2D eigenvalue weighted by atomic mass is 10.3. The second-order valence-corrected chi connectivity index (χ2v) is 7.02. The molecule has 0 atom stereocenters. The Morgan fingerprint density at radius 3 is 2.50 bits per heavy atom. The highest BCUT2D eigenvalue weighted by Gasteiger charge is 2.15. The van der Waals surface area contributed by atoms with Gasteiger partial charge in [-0.1, -0.05) is 0 Å². The number of carbonyl (C=O) groups is 1. The van der Waals surface area contributed by atoms with E-state index in [1.54, 1.807) is 11.3 Å². The van der Waals surface area contributed by atoms with Crippen molar-refractivity contribution in [1.29, 1.82) is 0 Å². The molecule has 0 unspecified atom stereocenters. The van der Waals surface area contributed by atoms with Gasteiger partial charge in [-0.25, -0.2) is 4.98 Å². The number of hydrogen-bond acceptors (Lipinski definition) is 7. The number of amides is 1. The zero-order valence-corrected chi connectivity index (χ0v) is 14.9. The molecule has 7 nitrogen and oxygen atoms in total. The van der Waals surface area contributed by atoms with Gasteiger partial charge in [-0.2, -0.15) is 0 Å². The van der Waals surface area contributed by atoms with Crippen LogP contribution in [0.4, 0.5) is 0 Å². The summed E-state index contributed by atoms with van der Waals surface area (Å²) in [5.41, 5.74) is 0.537. The van der Waals surface area contributed by atoms with Gasteiger partial charge in [0, 0.05) is 38.1 Å². The molecule has 2 fully saturated rings. The van der Waals surface area contributed by atoms with E-state index >= 15 is 0 Å². The van der Waals surface area contributed by atoms with Crippen LogP contribution in [0.3, 0.4) is 0 Å². The lowest BCUT2D eigenvalue weighted by molar-refractivity contribution is 0.0341. The molecule has 24 heavy (non-hydrogen) atoms. The van der Waals surface area contributed by atoms with Crippen LogP contribution in [0, 0.1) is 0 Å². The molecule has 0 aliphatic carbocycles. The predicted molar refractivity (Wildman–Crippen MR) is 92.4 cm³/mol. The van der Waals surface area contributed by atoms with Crippen molar-refractivity contribution in [2.75, 3.05) is 65.7 Å². The van der Waals surface area contributed by atoms with Crippen molar-refractivity contribution in [3.63, 3.8) is 0 Å². The van der Waals surface area contributed by atoms with Crippen LogP contribution in [-0.4, -0.2) is 86.4 Å². The molecule has 1 aromatic rings. The van der Waals surface area contributed by atoms with Crippen molar-refractivity contribution in [2.45, 2.75) is 13.0 Å². The van der Waals surface area contributed by atoms with Gasteiger partial charge in [0.2, 0.25) is 0 Å². The molecule has 2 aliphatic heterocycles. The van der Waals surface area contributed by atoms with E-state index < -0.39 is 0 Å². The van der Waals surface area contributed by atoms with E-state index in [9.17, 15) is 4.79 Å². The highest BCUT2D eigenvalue weighted by atomic mass is 32.1. The van der Waals surface area contributed by atoms with Gasteiger partial charge in [0.1, 0.15) is 10.7 Å². The summed E-state index contributed by atoms with van der Waals surface area (Å²) in [6.07, 6.45) is 0.955. The maximum absolute atomic E-state index is 12.2. The quantitative estimate of drug-likeness (QED) is 0.716. The molecule has 134 valence electrons. The first-order valence-corrected chi connectivity index (χ1v) is 9.52. The van der Waals surface area contributed by atoms with E-state index in [1.165, 1.54) is 0 Å². The molecule has 2 saturated heterocycles. The van der Waals surface area contributed by atoms with Gasteiger partial charge in [0.15, 0.2) is 0 Å². The number of ether oxygens (including phenoxy) is 2. The van der Waals surface area contributed by atoms with Gasteiger partial charge in [0.05, 0.1) is 33.0 Å². The SMILES string of the molecule is O=C(NCCCN1CCOCC1)c1csc(CN2CCOCC2)n1. The fourth-order valence-corrected chi connectivity index (χ4v) is 3.67. The molecule has 1 N–H and O–H groups in total. The monoisotopic (exact) mass is 354 g/mol. The van der Waals surface area contributed by atoms with Crippen molar-refractivity contribution in [1.82, 2.24) is 20.1 Å². The maximum atomic E-state index is 12.2. The summed E-state index contributed by atoms with van der Waals surface area (Å²) in [6, 6.07) is 0. The second kappa shape index (κ2) is 9.43. The van der Waals surface area contributed by atoms with Crippen LogP contribution >= 0.6 is 11.3 Å². The normalized spacial score (nSPS) is 20.2. The molecule has 8 heteroatoms. The standard InChI is InChI=1S/C16H26N4O3S/c21-16(17-2-1-3-19-4-8-22-9-5-19)14-13-24-15(18-14)12-20-6-10-23-11-7-20/h13H,1-12H2,(H,17,21). The van der Waals surface area contributed by atoms with Crippen molar-refractivity contribution < 1.29 is 14.3 Å². The summed E-state index contributed by atoms with van der Waals surface area (Å²) in [5.74, 6) is -0.0681. The second-order valence-electron chi connectivity index (χ2n) is 6.08. The van der Waals surface area contributed by atoms with E-state index in [-0.39, 0.29) is 5.91 Å². The molecule has 3 heterocycles. The molecule has 0 bridgehead atoms. The summed E-state index contributed by atoms with van der Waals surface area (Å²) in [5, 5.41) is 5.82. The first-order valence-electron chi connectivity index (χ1n) is 8.64. The number of carbonyl (C=O) groups excluding carboxylic acids is 1. The molecule has 1 amide bonds. The Kier molecular flexibility index (Phi) is 6.98. The predicted octanol–water partition coefficient (Wildman–Crippen LogP) is 0.427. The summed E-state index contributed by atoms with van der Waals surface area (Å²) in [6.45, 7) is 9.53. The largest absolute Gasteiger partial charge is 0.379 e. The number of aromatic nitrogens is 1. The van der Waals surface area contributed by atoms with Crippen LogP contribution in [0.5, 0.6) is 0 Å². The fraction of sp³-hybridized carbons (Fsp3) is 0.750. The Balaban J connectivity index is 1.35. The van der Waals surface area contributed by atoms with Crippen LogP contribution in [0.2, 0.25) is 0 Å². The van der Waals surface area contributed by atoms with E-state index in [2.05, 4.69) is 20.1 Å². The number of thiazole rings is 1. The first kappa shape index (κ1) is 17.8. The van der Waals surface area contributed by atoms with Gasteiger partial charge in [-0.3, -0.25) is 14.6 Å². The highest BCUT2D eigenvalue weighted by molar-refractivity contribution is 7.09. The van der Waals surface area contributed by atoms with Gasteiger partial charge >= 0.3 is 0 Å². The average Bonchev–Trinajstić information content (AvgIpc) is 3.09. The van der Waals surface area contributed by atoms with Crippen molar-refractivity contribution in [2.24, 2.45) is 0 Å². The first-order chi connectivity index (χ1) is 11.8. The van der Waals surface area contributed by atoms with Gasteiger partial charge in [-0.05, 0) is 13.0 Å². The van der Waals surface area contributed by atoms with E-state index in [1.807, 2.05) is 5.38 Å². The molecule has 0 radical (unpaired) electrons. The Morgan fingerprint density at radius 1 is 1.12 bits per heavy atom. The van der Waals surface area contributed by atoms with Gasteiger partial charge in [-0.15, -0.1) is 11.3 Å². The minimum atomic E-state index is -0.0681. The van der Waals surface area contributed by atoms with Crippen LogP contribution in [0.15, 0.2) is 5.38 Å². The van der Waals surface area contributed by atoms with Crippen molar-refractivity contribution >= 4 is 17.2 Å². The van der Waals surface area contributed by atoms with Crippen LogP contribution in [0.25, 0.3) is 0 Å². The van der Waals surface area contributed by atoms with Crippen molar-refractivity contribution in [3.8, 4) is 0 Å². The molecule has 0 saturated carbocycles. The summed E-state index contributed by atoms with van der Waals surface area (Å²) < 4.78 is 10.7. The van der Waals surface area contributed by atoms with E-state index in [0.29, 0.717) is 12.2 Å². The Labute approximate surface area is 146 Å². The zero-order chi connectivity index (χ0) is 16.6. The number of morpholine rings is 2. The zero-order valence-electron chi connectivity index (χ0n) is 14.0. The average molecular weight is 354 g/mol. The molecule has 0 spiro atoms. The summed E-state index contributed by atoms with van der Waals surface area (Å²) in [4.78, 5) is 21.3. The topological polar surface area (TPSA) is 66.9 Å². The molecule has 1 aromatic heterocycles. The van der Waals surface area contributed by atoms with Crippen molar-refractivity contribution in [3.05, 3.63) is 16.1 Å². The van der Waals surface area contributed by atoms with Crippen LogP contribution < -0.4 is 5.32 Å². The van der Waals surface area contributed by atoms with Gasteiger partial charge < -0.3 is 14.8 Å². The van der Waals surface area contributed by atoms with Gasteiger partial charge in [0.25, 0.3) is 5.91 Å². The third-order valence-corrected chi connectivity index (χ3v) is 5.12. The number of nitrogens with zero attached hydrogens (tertiary/aromatic N) is 3. The molecular weight excluding hydrogens is 328 g/mol. The lowest BCUT2D eigenvalue weighted by Crippen LogP contribution is -2.38. The Bertz CT molecular complexity index is 513. The third-order valence-electron chi connectivity index (χ3n) is 4.29. The van der Waals surface area contributed by atoms with Crippen LogP contribution in [0.1, 0.15) is 21.9 Å². The minimum absolute atomic E-state index is 0.0681. The third kappa shape index (κ3) is 5.49. The smallest absolute Gasteiger partial charge is 0.270 e. The summed E-state index contributed by atoms with van der Waals surface area (Å²) in [7, 11) is 0. The summed E-state index contributed by atoms with van der Waals surface area (Å²) >= 11 is 1.56. The molecule has 3 rings (SSSR count). The Hall–Kier alpha value is -1.06. The maximum Gasteiger partial charge on any atom is 0.270 e. The Morgan fingerprint density at radius 2 is 1.79 bits per heavy atom. The lowest BCUT2D eigenvalue weighted by Gasteiger charge is -2.26. The number of nitrogens with one attached hydrogen (secondary N) is 1. The molecule has 0 aromatic carbocycles. The highest BCUT2D eigenvalue weighted by Crippen LogP contribution is 2.13. The van der Waals surface area contributed by atoms with E-state index in [0.717, 1.165) is 77.1 Å². The molecular formula is C16H26N4O3S. The fourth-order valence-electron chi connectivity index (χ4n) is 2.86. The number of rotatable bonds is 7.